The number of nitrogens with one attached hydrogen (secondary N) is 1. The first-order valence-corrected chi connectivity index (χ1v) is 6.90. The molecule has 1 N–H and O–H groups in total. The number of rotatable bonds is 3. The van der Waals surface area contributed by atoms with Gasteiger partial charge in [-0.05, 0) is 36.1 Å². The van der Waals surface area contributed by atoms with Crippen LogP contribution < -0.4 is 0 Å². The molecule has 0 aliphatic carbocycles. The third-order valence-electron chi connectivity index (χ3n) is 3.79. The first-order chi connectivity index (χ1) is 9.31. The molecule has 3 rings (SSSR count). The van der Waals surface area contributed by atoms with Crippen LogP contribution in [0.2, 0.25) is 0 Å². The van der Waals surface area contributed by atoms with Crippen LogP contribution in [-0.4, -0.2) is 29.1 Å². The molecule has 1 aliphatic heterocycles. The Bertz CT molecular complexity index is 496. The second-order valence-corrected chi connectivity index (χ2v) is 5.23. The number of likely N-dealkylation sites (tertiary alicyclic amines) is 1. The fourth-order valence-electron chi connectivity index (χ4n) is 2.62. The van der Waals surface area contributed by atoms with Crippen LogP contribution in [0.25, 0.3) is 11.3 Å². The maximum atomic E-state index is 13.1. The number of halogens is 1. The standard InChI is InChI=1S/C16H19FN2/c17-15-7-10-19(11-8-15)12-13-3-5-14(6-4-13)16-2-1-9-18-16/h1-6,9,15,18H,7-8,10-12H2. The summed E-state index contributed by atoms with van der Waals surface area (Å²) in [6, 6.07) is 12.7. The molecule has 0 amide bonds. The highest BCUT2D eigenvalue weighted by atomic mass is 19.1. The van der Waals surface area contributed by atoms with Gasteiger partial charge in [0.05, 0.1) is 0 Å². The first kappa shape index (κ1) is 12.4. The van der Waals surface area contributed by atoms with Crippen molar-refractivity contribution in [3.63, 3.8) is 0 Å². The molecule has 1 aromatic heterocycles. The summed E-state index contributed by atoms with van der Waals surface area (Å²) in [4.78, 5) is 5.54. The number of nitrogens with zero attached hydrogens (tertiary/aromatic N) is 1. The molecule has 0 unspecified atom stereocenters. The van der Waals surface area contributed by atoms with E-state index in [1.807, 2.05) is 12.3 Å². The number of benzene rings is 1. The molecule has 1 aliphatic rings. The van der Waals surface area contributed by atoms with Crippen LogP contribution in [-0.2, 0) is 6.54 Å². The van der Waals surface area contributed by atoms with Crippen LogP contribution >= 0.6 is 0 Å². The summed E-state index contributed by atoms with van der Waals surface area (Å²) in [5.74, 6) is 0. The fourth-order valence-corrected chi connectivity index (χ4v) is 2.62. The number of hydrogen-bond acceptors (Lipinski definition) is 1. The predicted molar refractivity (Wildman–Crippen MR) is 75.6 cm³/mol. The van der Waals surface area contributed by atoms with E-state index in [1.54, 1.807) is 0 Å². The first-order valence-electron chi connectivity index (χ1n) is 6.90. The minimum Gasteiger partial charge on any atom is -0.361 e. The fraction of sp³-hybridized carbons (Fsp3) is 0.375. The highest BCUT2D eigenvalue weighted by molar-refractivity contribution is 5.59. The van der Waals surface area contributed by atoms with Crippen molar-refractivity contribution in [1.82, 2.24) is 9.88 Å². The van der Waals surface area contributed by atoms with Crippen molar-refractivity contribution >= 4 is 0 Å². The number of aromatic nitrogens is 1. The summed E-state index contributed by atoms with van der Waals surface area (Å²) in [7, 11) is 0. The summed E-state index contributed by atoms with van der Waals surface area (Å²) >= 11 is 0. The Morgan fingerprint density at radius 1 is 1.11 bits per heavy atom. The third-order valence-corrected chi connectivity index (χ3v) is 3.79. The maximum absolute atomic E-state index is 13.1. The van der Waals surface area contributed by atoms with Gasteiger partial charge in [-0.3, -0.25) is 4.90 Å². The maximum Gasteiger partial charge on any atom is 0.103 e. The molecule has 0 spiro atoms. The lowest BCUT2D eigenvalue weighted by Crippen LogP contribution is -2.33. The van der Waals surface area contributed by atoms with Crippen molar-refractivity contribution in [2.24, 2.45) is 0 Å². The predicted octanol–water partition coefficient (Wildman–Crippen LogP) is 3.62. The Morgan fingerprint density at radius 2 is 1.84 bits per heavy atom. The number of aromatic amines is 1. The Morgan fingerprint density at radius 3 is 2.47 bits per heavy atom. The van der Waals surface area contributed by atoms with Crippen LogP contribution in [0.5, 0.6) is 0 Å². The lowest BCUT2D eigenvalue weighted by Gasteiger charge is -2.28. The van der Waals surface area contributed by atoms with Crippen molar-refractivity contribution in [2.45, 2.75) is 25.6 Å². The molecule has 3 heteroatoms. The summed E-state index contributed by atoms with van der Waals surface area (Å²) in [5, 5.41) is 0. The van der Waals surface area contributed by atoms with Crippen LogP contribution in [0.3, 0.4) is 0 Å². The van der Waals surface area contributed by atoms with E-state index in [9.17, 15) is 4.39 Å². The number of hydrogen-bond donors (Lipinski definition) is 1. The molecule has 0 atom stereocenters. The van der Waals surface area contributed by atoms with Crippen LogP contribution in [0.15, 0.2) is 42.6 Å². The number of alkyl halides is 1. The monoisotopic (exact) mass is 258 g/mol. The van der Waals surface area contributed by atoms with Gasteiger partial charge in [-0.15, -0.1) is 0 Å². The van der Waals surface area contributed by atoms with Crippen molar-refractivity contribution in [3.05, 3.63) is 48.2 Å². The summed E-state index contributed by atoms with van der Waals surface area (Å²) in [6.45, 7) is 2.68. The van der Waals surface area contributed by atoms with E-state index in [-0.39, 0.29) is 0 Å². The average molecular weight is 258 g/mol. The van der Waals surface area contributed by atoms with Gasteiger partial charge in [0.25, 0.3) is 0 Å². The van der Waals surface area contributed by atoms with Gasteiger partial charge in [-0.1, -0.05) is 24.3 Å². The second kappa shape index (κ2) is 5.57. The largest absolute Gasteiger partial charge is 0.361 e. The van der Waals surface area contributed by atoms with E-state index in [0.29, 0.717) is 12.8 Å². The van der Waals surface area contributed by atoms with Crippen molar-refractivity contribution < 1.29 is 4.39 Å². The summed E-state index contributed by atoms with van der Waals surface area (Å²) in [6.07, 6.45) is 2.71. The van der Waals surface area contributed by atoms with E-state index in [1.165, 1.54) is 11.1 Å². The smallest absolute Gasteiger partial charge is 0.103 e. The normalized spacial score (nSPS) is 17.7. The molecule has 2 aromatic rings. The number of H-pyrrole nitrogens is 1. The van der Waals surface area contributed by atoms with Gasteiger partial charge in [0.15, 0.2) is 0 Å². The highest BCUT2D eigenvalue weighted by Gasteiger charge is 2.18. The molecule has 0 radical (unpaired) electrons. The molecular formula is C16H19FN2. The summed E-state index contributed by atoms with van der Waals surface area (Å²) < 4.78 is 13.1. The number of piperidine rings is 1. The zero-order valence-electron chi connectivity index (χ0n) is 11.0. The van der Waals surface area contributed by atoms with E-state index < -0.39 is 6.17 Å². The van der Waals surface area contributed by atoms with E-state index in [4.69, 9.17) is 0 Å². The molecule has 1 saturated heterocycles. The second-order valence-electron chi connectivity index (χ2n) is 5.23. The molecular weight excluding hydrogens is 239 g/mol. The van der Waals surface area contributed by atoms with Gasteiger partial charge in [-0.25, -0.2) is 4.39 Å². The molecule has 2 nitrogen and oxygen atoms in total. The SMILES string of the molecule is FC1CCN(Cc2ccc(-c3ccc[nH]3)cc2)CC1. The van der Waals surface area contributed by atoms with Crippen LogP contribution in [0.4, 0.5) is 4.39 Å². The van der Waals surface area contributed by atoms with E-state index in [2.05, 4.69) is 40.2 Å². The molecule has 100 valence electrons. The molecule has 2 heterocycles. The lowest BCUT2D eigenvalue weighted by molar-refractivity contribution is 0.145. The Labute approximate surface area is 113 Å². The van der Waals surface area contributed by atoms with Crippen molar-refractivity contribution in [3.8, 4) is 11.3 Å². The van der Waals surface area contributed by atoms with Crippen LogP contribution in [0, 0.1) is 0 Å². The Hall–Kier alpha value is -1.61. The van der Waals surface area contributed by atoms with Crippen molar-refractivity contribution in [1.29, 1.82) is 0 Å². The average Bonchev–Trinajstić information content (AvgIpc) is 2.96. The summed E-state index contributed by atoms with van der Waals surface area (Å²) in [5.41, 5.74) is 3.65. The Kier molecular flexibility index (Phi) is 3.65. The van der Waals surface area contributed by atoms with Gasteiger partial charge in [0, 0.05) is 31.5 Å². The topological polar surface area (TPSA) is 19.0 Å². The minimum atomic E-state index is -0.591. The molecule has 1 fully saturated rings. The molecule has 0 bridgehead atoms. The minimum absolute atomic E-state index is 0.591. The van der Waals surface area contributed by atoms with Crippen LogP contribution in [0.1, 0.15) is 18.4 Å². The van der Waals surface area contributed by atoms with Gasteiger partial charge in [0.1, 0.15) is 6.17 Å². The van der Waals surface area contributed by atoms with Crippen molar-refractivity contribution in [2.75, 3.05) is 13.1 Å². The zero-order valence-corrected chi connectivity index (χ0v) is 11.0. The molecule has 1 aromatic carbocycles. The zero-order chi connectivity index (χ0) is 13.1. The van der Waals surface area contributed by atoms with Gasteiger partial charge in [-0.2, -0.15) is 0 Å². The quantitative estimate of drug-likeness (QED) is 0.891. The molecule has 0 saturated carbocycles. The van der Waals surface area contributed by atoms with Gasteiger partial charge < -0.3 is 4.98 Å². The lowest BCUT2D eigenvalue weighted by atomic mass is 10.1. The van der Waals surface area contributed by atoms with Gasteiger partial charge in [0.2, 0.25) is 0 Å². The Balaban J connectivity index is 1.63. The highest BCUT2D eigenvalue weighted by Crippen LogP contribution is 2.20. The molecule has 19 heavy (non-hydrogen) atoms. The van der Waals surface area contributed by atoms with E-state index >= 15 is 0 Å². The third kappa shape index (κ3) is 3.04. The van der Waals surface area contributed by atoms with Gasteiger partial charge >= 0.3 is 0 Å². The van der Waals surface area contributed by atoms with E-state index in [0.717, 1.165) is 25.3 Å².